The van der Waals surface area contributed by atoms with Crippen molar-refractivity contribution in [1.82, 2.24) is 9.97 Å². The normalized spacial score (nSPS) is 12.6. The predicted molar refractivity (Wildman–Crippen MR) is 76.6 cm³/mol. The molecule has 0 saturated carbocycles. The standard InChI is InChI=1S/C13H19N3OS/c1-4-7-14-13-15-10-6-8-18-11(10)12(16-13)17-9(3)5-2/h6,8-9H,4-5,7H2,1-3H3,(H,14,15,16). The lowest BCUT2D eigenvalue weighted by Gasteiger charge is -2.13. The van der Waals surface area contributed by atoms with Crippen LogP contribution in [0.4, 0.5) is 5.95 Å². The molecule has 0 spiro atoms. The Morgan fingerprint density at radius 3 is 2.94 bits per heavy atom. The van der Waals surface area contributed by atoms with Gasteiger partial charge in [-0.25, -0.2) is 4.98 Å². The molecular formula is C13H19N3OS. The van der Waals surface area contributed by atoms with Gasteiger partial charge in [0.05, 0.1) is 11.6 Å². The summed E-state index contributed by atoms with van der Waals surface area (Å²) in [5.41, 5.74) is 0.951. The number of ether oxygens (including phenoxy) is 1. The largest absolute Gasteiger partial charge is 0.474 e. The fourth-order valence-electron chi connectivity index (χ4n) is 1.51. The zero-order valence-electron chi connectivity index (χ0n) is 11.1. The third-order valence-electron chi connectivity index (χ3n) is 2.69. The van der Waals surface area contributed by atoms with E-state index >= 15 is 0 Å². The highest BCUT2D eigenvalue weighted by molar-refractivity contribution is 7.17. The third kappa shape index (κ3) is 2.90. The Labute approximate surface area is 111 Å². The molecule has 1 N–H and O–H groups in total. The molecule has 2 aromatic heterocycles. The van der Waals surface area contributed by atoms with Crippen molar-refractivity contribution in [2.75, 3.05) is 11.9 Å². The van der Waals surface area contributed by atoms with Crippen LogP contribution in [-0.4, -0.2) is 22.6 Å². The Kier molecular flexibility index (Phi) is 4.36. The highest BCUT2D eigenvalue weighted by Crippen LogP contribution is 2.29. The summed E-state index contributed by atoms with van der Waals surface area (Å²) in [5.74, 6) is 1.35. The molecule has 1 unspecified atom stereocenters. The molecule has 0 aliphatic carbocycles. The molecule has 0 bridgehead atoms. The number of hydrogen-bond acceptors (Lipinski definition) is 5. The highest BCUT2D eigenvalue weighted by Gasteiger charge is 2.12. The first kappa shape index (κ1) is 13.1. The Hall–Kier alpha value is -1.36. The van der Waals surface area contributed by atoms with Crippen molar-refractivity contribution < 1.29 is 4.74 Å². The molecule has 98 valence electrons. The number of nitrogens with one attached hydrogen (secondary N) is 1. The van der Waals surface area contributed by atoms with E-state index in [0.717, 1.165) is 29.6 Å². The predicted octanol–water partition coefficient (Wildman–Crippen LogP) is 3.69. The monoisotopic (exact) mass is 265 g/mol. The Morgan fingerprint density at radius 1 is 1.39 bits per heavy atom. The van der Waals surface area contributed by atoms with Gasteiger partial charge in [-0.1, -0.05) is 13.8 Å². The van der Waals surface area contributed by atoms with Gasteiger partial charge in [-0.15, -0.1) is 11.3 Å². The van der Waals surface area contributed by atoms with Crippen molar-refractivity contribution in [2.24, 2.45) is 0 Å². The molecule has 2 aromatic rings. The summed E-state index contributed by atoms with van der Waals surface area (Å²) >= 11 is 1.62. The molecule has 0 aliphatic rings. The van der Waals surface area contributed by atoms with E-state index in [1.807, 2.05) is 11.4 Å². The minimum Gasteiger partial charge on any atom is -0.474 e. The van der Waals surface area contributed by atoms with E-state index in [1.54, 1.807) is 11.3 Å². The molecule has 0 amide bonds. The van der Waals surface area contributed by atoms with E-state index in [2.05, 4.69) is 36.1 Å². The average molecular weight is 265 g/mol. The van der Waals surface area contributed by atoms with Gasteiger partial charge in [0.2, 0.25) is 11.8 Å². The quantitative estimate of drug-likeness (QED) is 0.865. The van der Waals surface area contributed by atoms with Crippen LogP contribution in [0.25, 0.3) is 10.2 Å². The van der Waals surface area contributed by atoms with Crippen LogP contribution in [0.1, 0.15) is 33.6 Å². The fourth-order valence-corrected chi connectivity index (χ4v) is 2.27. The van der Waals surface area contributed by atoms with Gasteiger partial charge < -0.3 is 10.1 Å². The van der Waals surface area contributed by atoms with Gasteiger partial charge in [0.25, 0.3) is 0 Å². The minimum atomic E-state index is 0.171. The first-order chi connectivity index (χ1) is 8.74. The molecule has 18 heavy (non-hydrogen) atoms. The SMILES string of the molecule is CCCNc1nc(OC(C)CC)c2sccc2n1. The molecule has 0 saturated heterocycles. The molecule has 5 heteroatoms. The fraction of sp³-hybridized carbons (Fsp3) is 0.538. The van der Waals surface area contributed by atoms with Crippen LogP contribution in [0.2, 0.25) is 0 Å². The Bertz CT molecular complexity index is 512. The van der Waals surface area contributed by atoms with E-state index in [4.69, 9.17) is 4.74 Å². The number of anilines is 1. The Morgan fingerprint density at radius 2 is 2.22 bits per heavy atom. The Balaban J connectivity index is 2.32. The molecule has 4 nitrogen and oxygen atoms in total. The van der Waals surface area contributed by atoms with Crippen LogP contribution < -0.4 is 10.1 Å². The van der Waals surface area contributed by atoms with Gasteiger partial charge in [0.15, 0.2) is 0 Å². The summed E-state index contributed by atoms with van der Waals surface area (Å²) in [4.78, 5) is 8.94. The zero-order valence-corrected chi connectivity index (χ0v) is 11.9. The summed E-state index contributed by atoms with van der Waals surface area (Å²) in [6.07, 6.45) is 2.19. The molecule has 0 radical (unpaired) electrons. The maximum absolute atomic E-state index is 5.88. The van der Waals surface area contributed by atoms with Gasteiger partial charge in [-0.2, -0.15) is 4.98 Å². The van der Waals surface area contributed by atoms with Gasteiger partial charge in [-0.05, 0) is 31.2 Å². The van der Waals surface area contributed by atoms with Crippen LogP contribution in [0, 0.1) is 0 Å². The zero-order chi connectivity index (χ0) is 13.0. The van der Waals surface area contributed by atoms with E-state index in [9.17, 15) is 0 Å². The molecule has 0 fully saturated rings. The van der Waals surface area contributed by atoms with Crippen LogP contribution in [-0.2, 0) is 0 Å². The second-order valence-corrected chi connectivity index (χ2v) is 5.17. The van der Waals surface area contributed by atoms with Crippen molar-refractivity contribution >= 4 is 27.5 Å². The van der Waals surface area contributed by atoms with E-state index in [-0.39, 0.29) is 6.10 Å². The lowest BCUT2D eigenvalue weighted by atomic mass is 10.3. The van der Waals surface area contributed by atoms with Crippen molar-refractivity contribution in [2.45, 2.75) is 39.7 Å². The smallest absolute Gasteiger partial charge is 0.236 e. The number of fused-ring (bicyclic) bond motifs is 1. The van der Waals surface area contributed by atoms with Crippen molar-refractivity contribution in [3.05, 3.63) is 11.4 Å². The van der Waals surface area contributed by atoms with Crippen LogP contribution in [0.3, 0.4) is 0 Å². The summed E-state index contributed by atoms with van der Waals surface area (Å²) < 4.78 is 6.90. The van der Waals surface area contributed by atoms with Gasteiger partial charge in [0.1, 0.15) is 4.70 Å². The van der Waals surface area contributed by atoms with Crippen molar-refractivity contribution in [3.8, 4) is 5.88 Å². The molecule has 0 aromatic carbocycles. The summed E-state index contributed by atoms with van der Waals surface area (Å²) in [7, 11) is 0. The number of aromatic nitrogens is 2. The third-order valence-corrected chi connectivity index (χ3v) is 3.58. The highest BCUT2D eigenvalue weighted by atomic mass is 32.1. The molecule has 0 aliphatic heterocycles. The van der Waals surface area contributed by atoms with Crippen molar-refractivity contribution in [3.63, 3.8) is 0 Å². The number of nitrogens with zero attached hydrogens (tertiary/aromatic N) is 2. The number of hydrogen-bond donors (Lipinski definition) is 1. The van der Waals surface area contributed by atoms with E-state index < -0.39 is 0 Å². The first-order valence-corrected chi connectivity index (χ1v) is 7.28. The van der Waals surface area contributed by atoms with Crippen LogP contribution in [0.5, 0.6) is 5.88 Å². The summed E-state index contributed by atoms with van der Waals surface area (Å²) in [6.45, 7) is 7.15. The summed E-state index contributed by atoms with van der Waals surface area (Å²) in [5, 5.41) is 5.23. The van der Waals surface area contributed by atoms with Crippen LogP contribution >= 0.6 is 11.3 Å². The molecule has 2 heterocycles. The molecule has 1 atom stereocenters. The topological polar surface area (TPSA) is 47.0 Å². The second kappa shape index (κ2) is 6.00. The first-order valence-electron chi connectivity index (χ1n) is 6.40. The van der Waals surface area contributed by atoms with Gasteiger partial charge in [-0.3, -0.25) is 0 Å². The maximum atomic E-state index is 5.88. The lowest BCUT2D eigenvalue weighted by molar-refractivity contribution is 0.212. The van der Waals surface area contributed by atoms with E-state index in [1.165, 1.54) is 0 Å². The van der Waals surface area contributed by atoms with Gasteiger partial charge in [0, 0.05) is 6.54 Å². The van der Waals surface area contributed by atoms with E-state index in [0.29, 0.717) is 11.8 Å². The number of rotatable bonds is 6. The van der Waals surface area contributed by atoms with Gasteiger partial charge >= 0.3 is 0 Å². The van der Waals surface area contributed by atoms with Crippen molar-refractivity contribution in [1.29, 1.82) is 0 Å². The molecule has 2 rings (SSSR count). The number of thiophene rings is 1. The summed E-state index contributed by atoms with van der Waals surface area (Å²) in [6, 6.07) is 2.00. The average Bonchev–Trinajstić information content (AvgIpc) is 2.84. The molecular weight excluding hydrogens is 246 g/mol. The second-order valence-electron chi connectivity index (χ2n) is 4.25. The lowest BCUT2D eigenvalue weighted by Crippen LogP contribution is -2.12. The van der Waals surface area contributed by atoms with Crippen LogP contribution in [0.15, 0.2) is 11.4 Å². The minimum absolute atomic E-state index is 0.171. The maximum Gasteiger partial charge on any atom is 0.236 e.